The first-order valence-corrected chi connectivity index (χ1v) is 26.1. The van der Waals surface area contributed by atoms with Gasteiger partial charge in [0.15, 0.2) is 6.10 Å². The van der Waals surface area contributed by atoms with Crippen molar-refractivity contribution in [2.24, 2.45) is 0 Å². The van der Waals surface area contributed by atoms with Gasteiger partial charge in [0.1, 0.15) is 13.2 Å². The fourth-order valence-electron chi connectivity index (χ4n) is 6.93. The molecule has 0 N–H and O–H groups in total. The van der Waals surface area contributed by atoms with E-state index in [2.05, 4.69) is 106 Å². The number of unbranched alkanes of at least 4 members (excludes halogenated alkanes) is 21. The van der Waals surface area contributed by atoms with E-state index < -0.39 is 6.10 Å². The van der Waals surface area contributed by atoms with E-state index in [1.165, 1.54) is 83.5 Å². The maximum atomic E-state index is 12.8. The molecule has 6 heteroatoms. The van der Waals surface area contributed by atoms with Crippen LogP contribution >= 0.6 is 0 Å². The number of rotatable bonds is 46. The highest BCUT2D eigenvalue weighted by Crippen LogP contribution is 2.13. The number of carbonyl (C=O) groups excluding carboxylic acids is 3. The van der Waals surface area contributed by atoms with Gasteiger partial charge in [0.25, 0.3) is 0 Å². The molecule has 1 atom stereocenters. The van der Waals surface area contributed by atoms with Crippen molar-refractivity contribution < 1.29 is 28.6 Å². The number of ether oxygens (including phenoxy) is 3. The summed E-state index contributed by atoms with van der Waals surface area (Å²) in [5.74, 6) is -0.947. The van der Waals surface area contributed by atoms with Gasteiger partial charge in [0.05, 0.1) is 0 Å². The van der Waals surface area contributed by atoms with Gasteiger partial charge in [0.2, 0.25) is 0 Å². The molecular formula is C57H96O6. The molecule has 0 heterocycles. The summed E-state index contributed by atoms with van der Waals surface area (Å²) in [6, 6.07) is 0. The molecule has 0 fully saturated rings. The molecule has 0 rings (SSSR count). The SMILES string of the molecule is CC/C=C\C/C=C\C/C=C\C/C=C\C/C=C\CCCCCC(=O)OCC(COC(=O)CCCCCCC/C=C\CCCCCC)OC(=O)CCCCCCC/C=C\CCCCCC. The molecule has 6 nitrogen and oxygen atoms in total. The van der Waals surface area contributed by atoms with Crippen LogP contribution in [0.2, 0.25) is 0 Å². The zero-order valence-electron chi connectivity index (χ0n) is 41.1. The Kier molecular flexibility index (Phi) is 48.5. The quantitative estimate of drug-likeness (QED) is 0.0262. The Morgan fingerprint density at radius 3 is 1.00 bits per heavy atom. The lowest BCUT2D eigenvalue weighted by molar-refractivity contribution is -0.167. The average molecular weight is 877 g/mol. The van der Waals surface area contributed by atoms with Crippen LogP contribution in [0.15, 0.2) is 85.1 Å². The van der Waals surface area contributed by atoms with Gasteiger partial charge in [-0.3, -0.25) is 14.4 Å². The van der Waals surface area contributed by atoms with Gasteiger partial charge in [0, 0.05) is 19.3 Å². The maximum absolute atomic E-state index is 12.8. The molecule has 0 saturated carbocycles. The summed E-state index contributed by atoms with van der Waals surface area (Å²) in [5, 5.41) is 0. The van der Waals surface area contributed by atoms with Crippen molar-refractivity contribution in [3.05, 3.63) is 85.1 Å². The Morgan fingerprint density at radius 1 is 0.333 bits per heavy atom. The van der Waals surface area contributed by atoms with E-state index in [-0.39, 0.29) is 31.1 Å². The van der Waals surface area contributed by atoms with E-state index in [1.54, 1.807) is 0 Å². The molecule has 0 amide bonds. The fraction of sp³-hybridized carbons (Fsp3) is 0.702. The second kappa shape index (κ2) is 51.2. The van der Waals surface area contributed by atoms with Crippen molar-refractivity contribution in [3.8, 4) is 0 Å². The molecule has 0 aliphatic heterocycles. The largest absolute Gasteiger partial charge is 0.462 e. The average Bonchev–Trinajstić information content (AvgIpc) is 3.28. The predicted octanol–water partition coefficient (Wildman–Crippen LogP) is 17.2. The minimum atomic E-state index is -0.797. The highest BCUT2D eigenvalue weighted by molar-refractivity contribution is 5.71. The zero-order valence-corrected chi connectivity index (χ0v) is 41.1. The molecule has 1 unspecified atom stereocenters. The third kappa shape index (κ3) is 49.5. The van der Waals surface area contributed by atoms with Gasteiger partial charge in [-0.1, -0.05) is 189 Å². The van der Waals surface area contributed by atoms with Crippen LogP contribution in [0, 0.1) is 0 Å². The van der Waals surface area contributed by atoms with Crippen LogP contribution in [0.1, 0.15) is 239 Å². The third-order valence-corrected chi connectivity index (χ3v) is 10.9. The monoisotopic (exact) mass is 877 g/mol. The summed E-state index contributed by atoms with van der Waals surface area (Å²) in [6.07, 6.45) is 65.6. The summed E-state index contributed by atoms with van der Waals surface area (Å²) in [4.78, 5) is 38.0. The molecule has 0 aromatic carbocycles. The number of carbonyl (C=O) groups is 3. The van der Waals surface area contributed by atoms with E-state index >= 15 is 0 Å². The van der Waals surface area contributed by atoms with Gasteiger partial charge < -0.3 is 14.2 Å². The lowest BCUT2D eigenvalue weighted by atomic mass is 10.1. The van der Waals surface area contributed by atoms with Crippen molar-refractivity contribution in [3.63, 3.8) is 0 Å². The van der Waals surface area contributed by atoms with Gasteiger partial charge >= 0.3 is 17.9 Å². The molecule has 0 saturated heterocycles. The first kappa shape index (κ1) is 59.6. The maximum Gasteiger partial charge on any atom is 0.306 e. The fourth-order valence-corrected chi connectivity index (χ4v) is 6.93. The van der Waals surface area contributed by atoms with Gasteiger partial charge in [-0.25, -0.2) is 0 Å². The molecule has 0 aromatic rings. The van der Waals surface area contributed by atoms with Crippen molar-refractivity contribution in [2.45, 2.75) is 245 Å². The second-order valence-corrected chi connectivity index (χ2v) is 17.0. The Labute approximate surface area is 388 Å². The van der Waals surface area contributed by atoms with Gasteiger partial charge in [-0.2, -0.15) is 0 Å². The Bertz CT molecular complexity index is 1240. The van der Waals surface area contributed by atoms with Crippen LogP contribution in [-0.2, 0) is 28.6 Å². The summed E-state index contributed by atoms with van der Waals surface area (Å²) >= 11 is 0. The molecule has 0 aliphatic carbocycles. The number of allylic oxidation sites excluding steroid dienone is 14. The van der Waals surface area contributed by atoms with E-state index in [0.717, 1.165) is 116 Å². The van der Waals surface area contributed by atoms with Gasteiger partial charge in [-0.05, 0) is 116 Å². The smallest absolute Gasteiger partial charge is 0.306 e. The second-order valence-electron chi connectivity index (χ2n) is 17.0. The Hall–Kier alpha value is -3.41. The van der Waals surface area contributed by atoms with Gasteiger partial charge in [-0.15, -0.1) is 0 Å². The highest BCUT2D eigenvalue weighted by Gasteiger charge is 2.19. The van der Waals surface area contributed by atoms with Crippen LogP contribution in [-0.4, -0.2) is 37.2 Å². The topological polar surface area (TPSA) is 78.9 Å². The lowest BCUT2D eigenvalue weighted by Gasteiger charge is -2.18. The number of hydrogen-bond acceptors (Lipinski definition) is 6. The van der Waals surface area contributed by atoms with E-state index in [1.807, 2.05) is 0 Å². The summed E-state index contributed by atoms with van der Waals surface area (Å²) in [5.41, 5.74) is 0. The van der Waals surface area contributed by atoms with Crippen molar-refractivity contribution in [2.75, 3.05) is 13.2 Å². The Balaban J connectivity index is 4.46. The first-order chi connectivity index (χ1) is 31.0. The number of hydrogen-bond donors (Lipinski definition) is 0. The molecule has 0 aliphatic rings. The molecule has 0 radical (unpaired) electrons. The van der Waals surface area contributed by atoms with Crippen LogP contribution < -0.4 is 0 Å². The molecular weight excluding hydrogens is 781 g/mol. The summed E-state index contributed by atoms with van der Waals surface area (Å²) in [6.45, 7) is 6.44. The Morgan fingerprint density at radius 2 is 0.619 bits per heavy atom. The van der Waals surface area contributed by atoms with Crippen LogP contribution in [0.4, 0.5) is 0 Å². The van der Waals surface area contributed by atoms with Crippen molar-refractivity contribution in [1.29, 1.82) is 0 Å². The van der Waals surface area contributed by atoms with E-state index in [4.69, 9.17) is 14.2 Å². The molecule has 0 bridgehead atoms. The van der Waals surface area contributed by atoms with Crippen molar-refractivity contribution in [1.82, 2.24) is 0 Å². The van der Waals surface area contributed by atoms with E-state index in [9.17, 15) is 14.4 Å². The highest BCUT2D eigenvalue weighted by atomic mass is 16.6. The van der Waals surface area contributed by atoms with Crippen LogP contribution in [0.5, 0.6) is 0 Å². The number of esters is 3. The molecule has 63 heavy (non-hydrogen) atoms. The summed E-state index contributed by atoms with van der Waals surface area (Å²) in [7, 11) is 0. The van der Waals surface area contributed by atoms with Crippen molar-refractivity contribution >= 4 is 17.9 Å². The molecule has 0 spiro atoms. The minimum absolute atomic E-state index is 0.0952. The molecule has 0 aromatic heterocycles. The van der Waals surface area contributed by atoms with E-state index in [0.29, 0.717) is 19.3 Å². The first-order valence-electron chi connectivity index (χ1n) is 26.1. The normalized spacial score (nSPS) is 12.7. The standard InChI is InChI=1S/C57H96O6/c1-4-7-10-13-16-19-22-25-26-27-28-29-30-33-35-38-41-44-47-50-56(59)62-53-54(63-57(60)51-48-45-42-39-36-32-24-21-18-15-12-9-6-3)52-61-55(58)49-46-43-40-37-34-31-23-20-17-14-11-8-5-2/h7,10,16,19-21,23-26,28-29,33,35,54H,4-6,8-9,11-15,17-18,22,27,30-32,34,36-53H2,1-3H3/b10-7-,19-16-,23-20-,24-21-,26-25-,29-28-,35-33-. The predicted molar refractivity (Wildman–Crippen MR) is 270 cm³/mol. The lowest BCUT2D eigenvalue weighted by Crippen LogP contribution is -2.30. The van der Waals surface area contributed by atoms with Crippen LogP contribution in [0.3, 0.4) is 0 Å². The third-order valence-electron chi connectivity index (χ3n) is 10.9. The summed E-state index contributed by atoms with van der Waals surface area (Å²) < 4.78 is 16.8. The zero-order chi connectivity index (χ0) is 45.8. The minimum Gasteiger partial charge on any atom is -0.462 e. The molecule has 360 valence electrons. The van der Waals surface area contributed by atoms with Crippen LogP contribution in [0.25, 0.3) is 0 Å².